The van der Waals surface area contributed by atoms with Crippen LogP contribution in [0.5, 0.6) is 0 Å². The van der Waals surface area contributed by atoms with Crippen LogP contribution in [0, 0.1) is 5.82 Å². The number of nitrogens with one attached hydrogen (secondary N) is 2. The minimum absolute atomic E-state index is 0.121. The zero-order valence-electron chi connectivity index (χ0n) is 12.7. The molecule has 1 heterocycles. The molecule has 4 N–H and O–H groups in total. The molecule has 2 rings (SSSR count). The van der Waals surface area contributed by atoms with E-state index < -0.39 is 0 Å². The van der Waals surface area contributed by atoms with Crippen LogP contribution >= 0.6 is 0 Å². The van der Waals surface area contributed by atoms with E-state index in [9.17, 15) is 4.39 Å². The molecule has 0 spiro atoms. The number of benzene rings is 1. The van der Waals surface area contributed by atoms with Crippen LogP contribution < -0.4 is 16.5 Å². The topological polar surface area (TPSA) is 71.7 Å². The summed E-state index contributed by atoms with van der Waals surface area (Å²) in [6, 6.07) is 4.85. The van der Waals surface area contributed by atoms with E-state index in [0.717, 1.165) is 25.1 Å². The first-order valence-corrected chi connectivity index (χ1v) is 7.24. The van der Waals surface area contributed by atoms with Crippen molar-refractivity contribution in [1.82, 2.24) is 10.6 Å². The normalized spacial score (nSPS) is 15.2. The molecule has 0 aromatic heterocycles. The van der Waals surface area contributed by atoms with Gasteiger partial charge in [-0.1, -0.05) is 12.1 Å². The lowest BCUT2D eigenvalue weighted by molar-refractivity contribution is 0.375. The lowest BCUT2D eigenvalue weighted by Gasteiger charge is -2.16. The Bertz CT molecular complexity index is 610. The van der Waals surface area contributed by atoms with Crippen molar-refractivity contribution in [2.24, 2.45) is 10.9 Å². The molecule has 1 aromatic rings. The largest absolute Gasteiger partial charge is 0.422 e. The first kappa shape index (κ1) is 16.0. The van der Waals surface area contributed by atoms with Gasteiger partial charge in [0, 0.05) is 24.2 Å². The summed E-state index contributed by atoms with van der Waals surface area (Å²) in [5.74, 6) is 5.45. The molecule has 1 aromatic carbocycles. The Morgan fingerprint density at radius 1 is 1.55 bits per heavy atom. The molecule has 0 saturated carbocycles. The Labute approximate surface area is 129 Å². The number of ether oxygens (including phenoxy) is 1. The van der Waals surface area contributed by atoms with Crippen molar-refractivity contribution < 1.29 is 9.13 Å². The van der Waals surface area contributed by atoms with E-state index in [0.29, 0.717) is 23.6 Å². The molecule has 0 fully saturated rings. The number of nitrogens with zero attached hydrogens (tertiary/aromatic N) is 1. The third-order valence-corrected chi connectivity index (χ3v) is 3.34. The molecule has 0 unspecified atom stereocenters. The molecule has 22 heavy (non-hydrogen) atoms. The van der Waals surface area contributed by atoms with Crippen molar-refractivity contribution in [3.05, 3.63) is 53.7 Å². The molecule has 0 radical (unpaired) electrons. The summed E-state index contributed by atoms with van der Waals surface area (Å²) in [6.07, 6.45) is 2.81. The number of rotatable bonds is 5. The van der Waals surface area contributed by atoms with Gasteiger partial charge in [-0.15, -0.1) is 5.10 Å². The summed E-state index contributed by atoms with van der Waals surface area (Å²) in [6.45, 7) is 7.88. The average Bonchev–Trinajstić information content (AvgIpc) is 2.53. The van der Waals surface area contributed by atoms with E-state index >= 15 is 0 Å². The van der Waals surface area contributed by atoms with Crippen LogP contribution in [-0.2, 0) is 4.74 Å². The van der Waals surface area contributed by atoms with Gasteiger partial charge in [0.25, 0.3) is 0 Å². The molecule has 1 aliphatic heterocycles. The molecule has 0 saturated heterocycles. The zero-order chi connectivity index (χ0) is 15.9. The highest BCUT2D eigenvalue weighted by molar-refractivity contribution is 5.94. The van der Waals surface area contributed by atoms with Gasteiger partial charge in [-0.25, -0.2) is 4.39 Å². The third-order valence-electron chi connectivity index (χ3n) is 3.34. The Hall–Kier alpha value is -2.34. The predicted octanol–water partition coefficient (Wildman–Crippen LogP) is 1.92. The van der Waals surface area contributed by atoms with E-state index in [-0.39, 0.29) is 11.7 Å². The zero-order valence-corrected chi connectivity index (χ0v) is 12.7. The molecular weight excluding hydrogens is 283 g/mol. The average molecular weight is 304 g/mol. The fraction of sp³-hybridized carbons (Fsp3) is 0.312. The van der Waals surface area contributed by atoms with Gasteiger partial charge >= 0.3 is 0 Å². The van der Waals surface area contributed by atoms with Crippen LogP contribution in [0.1, 0.15) is 24.5 Å². The molecule has 118 valence electrons. The van der Waals surface area contributed by atoms with Crippen LogP contribution in [-0.4, -0.2) is 25.5 Å². The minimum atomic E-state index is -0.315. The molecule has 0 amide bonds. The van der Waals surface area contributed by atoms with E-state index in [1.54, 1.807) is 12.1 Å². The molecular formula is C16H21FN4O. The number of hydrazone groups is 1. The van der Waals surface area contributed by atoms with E-state index in [4.69, 9.17) is 10.6 Å². The van der Waals surface area contributed by atoms with Gasteiger partial charge in [-0.2, -0.15) is 0 Å². The molecule has 0 aliphatic carbocycles. The Balaban J connectivity index is 2.20. The number of hydrogen-bond acceptors (Lipinski definition) is 5. The SMILES string of the molecule is C=C(NCC)O/C(=N\N)c1ccc(C2=CCNCC2)c(F)c1. The van der Waals surface area contributed by atoms with Gasteiger partial charge in [-0.05, 0) is 44.2 Å². The van der Waals surface area contributed by atoms with Gasteiger partial charge in [0.1, 0.15) is 5.82 Å². The van der Waals surface area contributed by atoms with Gasteiger partial charge in [0.05, 0.1) is 0 Å². The fourth-order valence-corrected chi connectivity index (χ4v) is 2.29. The van der Waals surface area contributed by atoms with Gasteiger partial charge in [0.15, 0.2) is 5.88 Å². The summed E-state index contributed by atoms with van der Waals surface area (Å²) in [7, 11) is 0. The summed E-state index contributed by atoms with van der Waals surface area (Å²) in [4.78, 5) is 0. The first-order chi connectivity index (χ1) is 10.7. The van der Waals surface area contributed by atoms with Gasteiger partial charge in [0.2, 0.25) is 5.90 Å². The van der Waals surface area contributed by atoms with E-state index in [2.05, 4.69) is 22.3 Å². The van der Waals surface area contributed by atoms with Crippen molar-refractivity contribution in [3.63, 3.8) is 0 Å². The Morgan fingerprint density at radius 2 is 2.36 bits per heavy atom. The van der Waals surface area contributed by atoms with Crippen LogP contribution in [0.3, 0.4) is 0 Å². The third kappa shape index (κ3) is 3.85. The van der Waals surface area contributed by atoms with Crippen LogP contribution in [0.2, 0.25) is 0 Å². The molecule has 5 nitrogen and oxygen atoms in total. The van der Waals surface area contributed by atoms with Crippen LogP contribution in [0.25, 0.3) is 5.57 Å². The fourth-order valence-electron chi connectivity index (χ4n) is 2.29. The monoisotopic (exact) mass is 304 g/mol. The molecule has 0 atom stereocenters. The summed E-state index contributed by atoms with van der Waals surface area (Å²) in [5, 5.41) is 9.67. The summed E-state index contributed by atoms with van der Waals surface area (Å²) < 4.78 is 19.8. The quantitative estimate of drug-likeness (QED) is 0.255. The van der Waals surface area contributed by atoms with Crippen molar-refractivity contribution in [2.75, 3.05) is 19.6 Å². The number of halogens is 1. The van der Waals surface area contributed by atoms with E-state index in [1.165, 1.54) is 6.07 Å². The maximum absolute atomic E-state index is 14.4. The standard InChI is InChI=1S/C16H21FN4O/c1-3-20-11(2)22-16(21-18)13-4-5-14(15(17)10-13)12-6-8-19-9-7-12/h4-6,10,19-20H,2-3,7-9,18H2,1H3/b21-16-. The lowest BCUT2D eigenvalue weighted by Crippen LogP contribution is -2.20. The molecule has 1 aliphatic rings. The molecule has 6 heteroatoms. The van der Waals surface area contributed by atoms with Crippen molar-refractivity contribution in [3.8, 4) is 0 Å². The highest BCUT2D eigenvalue weighted by Gasteiger charge is 2.14. The second-order valence-corrected chi connectivity index (χ2v) is 4.87. The maximum atomic E-state index is 14.4. The van der Waals surface area contributed by atoms with Crippen molar-refractivity contribution in [2.45, 2.75) is 13.3 Å². The van der Waals surface area contributed by atoms with Gasteiger partial charge in [-0.3, -0.25) is 0 Å². The lowest BCUT2D eigenvalue weighted by atomic mass is 9.98. The highest BCUT2D eigenvalue weighted by Crippen LogP contribution is 2.24. The Morgan fingerprint density at radius 3 is 2.95 bits per heavy atom. The Kier molecular flexibility index (Phi) is 5.55. The van der Waals surface area contributed by atoms with Crippen molar-refractivity contribution >= 4 is 11.5 Å². The van der Waals surface area contributed by atoms with E-state index in [1.807, 2.05) is 13.0 Å². The second kappa shape index (κ2) is 7.61. The second-order valence-electron chi connectivity index (χ2n) is 4.87. The van der Waals surface area contributed by atoms with Crippen molar-refractivity contribution in [1.29, 1.82) is 0 Å². The summed E-state index contributed by atoms with van der Waals surface area (Å²) >= 11 is 0. The van der Waals surface area contributed by atoms with Crippen LogP contribution in [0.4, 0.5) is 4.39 Å². The predicted molar refractivity (Wildman–Crippen MR) is 86.5 cm³/mol. The summed E-state index contributed by atoms with van der Waals surface area (Å²) in [5.41, 5.74) is 2.08. The smallest absolute Gasteiger partial charge is 0.244 e. The molecule has 0 bridgehead atoms. The van der Waals surface area contributed by atoms with Gasteiger partial charge < -0.3 is 21.2 Å². The number of nitrogens with two attached hydrogens (primary N) is 1. The minimum Gasteiger partial charge on any atom is -0.422 e. The number of hydrogen-bond donors (Lipinski definition) is 3. The van der Waals surface area contributed by atoms with Crippen LogP contribution in [0.15, 0.2) is 41.8 Å². The highest BCUT2D eigenvalue weighted by atomic mass is 19.1. The maximum Gasteiger partial charge on any atom is 0.244 e. The first-order valence-electron chi connectivity index (χ1n) is 7.24.